The number of carboxylic acids is 1. The highest BCUT2D eigenvalue weighted by Crippen LogP contribution is 2.28. The normalized spacial score (nSPS) is 11.0. The Morgan fingerprint density at radius 2 is 1.81 bits per heavy atom. The van der Waals surface area contributed by atoms with Gasteiger partial charge in [0, 0.05) is 23.5 Å². The van der Waals surface area contributed by atoms with Crippen LogP contribution in [0, 0.1) is 6.92 Å². The molecular weight excluding hydrogens is 390 g/mol. The van der Waals surface area contributed by atoms with Crippen LogP contribution in [0.2, 0.25) is 0 Å². The summed E-state index contributed by atoms with van der Waals surface area (Å²) in [6, 6.07) is 22.2. The van der Waals surface area contributed by atoms with Crippen molar-refractivity contribution >= 4 is 17.9 Å². The van der Waals surface area contributed by atoms with Gasteiger partial charge in [-0.15, -0.1) is 0 Å². The summed E-state index contributed by atoms with van der Waals surface area (Å²) in [4.78, 5) is 15.6. The summed E-state index contributed by atoms with van der Waals surface area (Å²) >= 11 is 0. The fraction of sp³-hybridized carbons (Fsp3) is 0.0800. The van der Waals surface area contributed by atoms with E-state index < -0.39 is 5.97 Å². The van der Waals surface area contributed by atoms with Gasteiger partial charge in [-0.25, -0.2) is 9.48 Å². The zero-order chi connectivity index (χ0) is 21.8. The highest BCUT2D eigenvalue weighted by atomic mass is 16.5. The van der Waals surface area contributed by atoms with Gasteiger partial charge in [0.2, 0.25) is 0 Å². The molecule has 0 fully saturated rings. The van der Waals surface area contributed by atoms with Gasteiger partial charge in [0.1, 0.15) is 11.4 Å². The number of rotatable bonds is 6. The van der Waals surface area contributed by atoms with E-state index in [2.05, 4.69) is 4.99 Å². The van der Waals surface area contributed by atoms with Gasteiger partial charge in [0.25, 0.3) is 0 Å². The Balaban J connectivity index is 1.75. The Morgan fingerprint density at radius 3 is 2.45 bits per heavy atom. The number of carboxylic acid groups (broad SMARTS) is 1. The summed E-state index contributed by atoms with van der Waals surface area (Å²) in [5.41, 5.74) is 5.44. The van der Waals surface area contributed by atoms with Crippen LogP contribution in [0.3, 0.4) is 0 Å². The lowest BCUT2D eigenvalue weighted by atomic mass is 10.1. The number of aromatic carboxylic acids is 1. The predicted octanol–water partition coefficient (Wildman–Crippen LogP) is 5.31. The third-order valence-electron chi connectivity index (χ3n) is 4.90. The second-order valence-corrected chi connectivity index (χ2v) is 7.01. The molecule has 4 rings (SSSR count). The molecule has 0 aliphatic carbocycles. The fourth-order valence-corrected chi connectivity index (χ4v) is 3.28. The van der Waals surface area contributed by atoms with Crippen LogP contribution < -0.4 is 4.74 Å². The monoisotopic (exact) mass is 411 g/mol. The first kappa shape index (κ1) is 20.1. The van der Waals surface area contributed by atoms with Crippen molar-refractivity contribution in [1.29, 1.82) is 0 Å². The van der Waals surface area contributed by atoms with Crippen LogP contribution in [0.25, 0.3) is 16.9 Å². The Morgan fingerprint density at radius 1 is 1.06 bits per heavy atom. The van der Waals surface area contributed by atoms with Crippen molar-refractivity contribution in [3.8, 4) is 22.7 Å². The molecule has 0 unspecified atom stereocenters. The molecule has 154 valence electrons. The number of aryl methyl sites for hydroxylation is 1. The molecule has 31 heavy (non-hydrogen) atoms. The molecule has 1 heterocycles. The maximum absolute atomic E-state index is 11.0. The molecule has 0 atom stereocenters. The van der Waals surface area contributed by atoms with Crippen molar-refractivity contribution in [2.24, 2.45) is 4.99 Å². The fourth-order valence-electron chi connectivity index (χ4n) is 3.28. The molecule has 0 radical (unpaired) electrons. The average molecular weight is 411 g/mol. The van der Waals surface area contributed by atoms with E-state index in [1.807, 2.05) is 66.3 Å². The number of aromatic nitrogens is 2. The lowest BCUT2D eigenvalue weighted by Crippen LogP contribution is -1.94. The second kappa shape index (κ2) is 8.67. The van der Waals surface area contributed by atoms with Gasteiger partial charge in [0.15, 0.2) is 0 Å². The minimum Gasteiger partial charge on any atom is -0.496 e. The molecule has 0 bridgehead atoms. The van der Waals surface area contributed by atoms with Crippen molar-refractivity contribution < 1.29 is 14.6 Å². The number of benzene rings is 3. The molecule has 0 saturated carbocycles. The van der Waals surface area contributed by atoms with E-state index in [0.717, 1.165) is 33.8 Å². The van der Waals surface area contributed by atoms with Gasteiger partial charge in [-0.05, 0) is 67.1 Å². The van der Waals surface area contributed by atoms with E-state index in [9.17, 15) is 4.79 Å². The van der Waals surface area contributed by atoms with Crippen molar-refractivity contribution in [3.05, 3.63) is 95.7 Å². The molecule has 4 aromatic rings. The predicted molar refractivity (Wildman–Crippen MR) is 121 cm³/mol. The van der Waals surface area contributed by atoms with Crippen molar-refractivity contribution in [1.82, 2.24) is 9.78 Å². The quantitative estimate of drug-likeness (QED) is 0.437. The molecule has 0 saturated heterocycles. The summed E-state index contributed by atoms with van der Waals surface area (Å²) in [7, 11) is 1.65. The van der Waals surface area contributed by atoms with Gasteiger partial charge >= 0.3 is 5.97 Å². The van der Waals surface area contributed by atoms with E-state index in [-0.39, 0.29) is 5.56 Å². The summed E-state index contributed by atoms with van der Waals surface area (Å²) in [5.74, 6) is -0.142. The smallest absolute Gasteiger partial charge is 0.335 e. The Bertz CT molecular complexity index is 1240. The molecule has 3 aromatic carbocycles. The SMILES string of the molecule is COc1ccc(-c2nn(-c3ccccc3)cc2C=Nc2ccc(C(=O)O)cc2)cc1C. The van der Waals surface area contributed by atoms with Crippen LogP contribution in [0.5, 0.6) is 5.75 Å². The van der Waals surface area contributed by atoms with Crippen molar-refractivity contribution in [2.45, 2.75) is 6.92 Å². The van der Waals surface area contributed by atoms with Crippen LogP contribution in [0.15, 0.2) is 84.0 Å². The van der Waals surface area contributed by atoms with Crippen molar-refractivity contribution in [3.63, 3.8) is 0 Å². The molecule has 1 N–H and O–H groups in total. The van der Waals surface area contributed by atoms with Crippen LogP contribution in [-0.2, 0) is 0 Å². The maximum atomic E-state index is 11.0. The van der Waals surface area contributed by atoms with E-state index in [1.165, 1.54) is 12.1 Å². The molecule has 0 aliphatic rings. The minimum absolute atomic E-state index is 0.227. The first-order chi connectivity index (χ1) is 15.0. The summed E-state index contributed by atoms with van der Waals surface area (Å²) in [6.07, 6.45) is 3.68. The standard InChI is InChI=1S/C25H21N3O3/c1-17-14-19(10-13-23(17)31-2)24-20(16-28(27-24)22-6-4-3-5-7-22)15-26-21-11-8-18(9-12-21)25(29)30/h3-16H,1-2H3,(H,29,30). The van der Waals surface area contributed by atoms with E-state index in [0.29, 0.717) is 5.69 Å². The summed E-state index contributed by atoms with van der Waals surface area (Å²) < 4.78 is 7.20. The zero-order valence-corrected chi connectivity index (χ0v) is 17.2. The number of nitrogens with zero attached hydrogens (tertiary/aromatic N) is 3. The zero-order valence-electron chi connectivity index (χ0n) is 17.2. The number of para-hydroxylation sites is 1. The van der Waals surface area contributed by atoms with Crippen LogP contribution in [0.1, 0.15) is 21.5 Å². The first-order valence-electron chi connectivity index (χ1n) is 9.72. The van der Waals surface area contributed by atoms with Gasteiger partial charge in [-0.3, -0.25) is 4.99 Å². The average Bonchev–Trinajstić information content (AvgIpc) is 3.23. The van der Waals surface area contributed by atoms with Crippen LogP contribution in [-0.4, -0.2) is 34.2 Å². The van der Waals surface area contributed by atoms with Crippen molar-refractivity contribution in [2.75, 3.05) is 7.11 Å². The topological polar surface area (TPSA) is 76.7 Å². The summed E-state index contributed by atoms with van der Waals surface area (Å²) in [6.45, 7) is 1.99. The largest absolute Gasteiger partial charge is 0.496 e. The number of carbonyl (C=O) groups is 1. The first-order valence-corrected chi connectivity index (χ1v) is 9.72. The van der Waals surface area contributed by atoms with E-state index in [1.54, 1.807) is 25.5 Å². The second-order valence-electron chi connectivity index (χ2n) is 7.01. The number of hydrogen-bond donors (Lipinski definition) is 1. The molecule has 6 heteroatoms. The Labute approximate surface area is 180 Å². The molecule has 1 aromatic heterocycles. The third kappa shape index (κ3) is 4.38. The third-order valence-corrected chi connectivity index (χ3v) is 4.90. The van der Waals surface area contributed by atoms with Gasteiger partial charge in [-0.1, -0.05) is 18.2 Å². The number of aliphatic imine (C=N–C) groups is 1. The Kier molecular flexibility index (Phi) is 5.62. The van der Waals surface area contributed by atoms with Gasteiger partial charge in [0.05, 0.1) is 24.0 Å². The lowest BCUT2D eigenvalue weighted by molar-refractivity contribution is 0.0697. The van der Waals surface area contributed by atoms with E-state index in [4.69, 9.17) is 14.9 Å². The number of ether oxygens (including phenoxy) is 1. The molecule has 0 spiro atoms. The highest BCUT2D eigenvalue weighted by Gasteiger charge is 2.13. The molecule has 0 amide bonds. The van der Waals surface area contributed by atoms with Gasteiger partial charge < -0.3 is 9.84 Å². The molecule has 6 nitrogen and oxygen atoms in total. The van der Waals surface area contributed by atoms with Crippen LogP contribution in [0.4, 0.5) is 5.69 Å². The van der Waals surface area contributed by atoms with Gasteiger partial charge in [-0.2, -0.15) is 5.10 Å². The Hall–Kier alpha value is -4.19. The summed E-state index contributed by atoms with van der Waals surface area (Å²) in [5, 5.41) is 13.9. The number of hydrogen-bond acceptors (Lipinski definition) is 4. The minimum atomic E-state index is -0.961. The molecular formula is C25H21N3O3. The molecule has 0 aliphatic heterocycles. The lowest BCUT2D eigenvalue weighted by Gasteiger charge is -2.06. The highest BCUT2D eigenvalue weighted by molar-refractivity contribution is 5.91. The maximum Gasteiger partial charge on any atom is 0.335 e. The number of methoxy groups -OCH3 is 1. The van der Waals surface area contributed by atoms with Crippen LogP contribution >= 0.6 is 0 Å². The van der Waals surface area contributed by atoms with E-state index >= 15 is 0 Å².